The first-order valence-electron chi connectivity index (χ1n) is 6.46. The second-order valence-electron chi connectivity index (χ2n) is 4.47. The molecule has 1 fully saturated rings. The van der Waals surface area contributed by atoms with Gasteiger partial charge in [-0.1, -0.05) is 6.07 Å². The molecule has 1 amide bonds. The van der Waals surface area contributed by atoms with E-state index in [0.717, 1.165) is 19.2 Å². The number of benzene rings is 1. The number of nitrogens with zero attached hydrogens (tertiary/aromatic N) is 1. The minimum Gasteiger partial charge on any atom is -0.349 e. The lowest BCUT2D eigenvalue weighted by Crippen LogP contribution is -2.44. The Morgan fingerprint density at radius 1 is 1.20 bits per heavy atom. The van der Waals surface area contributed by atoms with Crippen molar-refractivity contribution in [3.63, 3.8) is 0 Å². The molecule has 20 heavy (non-hydrogen) atoms. The number of carbonyl (C=O) groups excluding carboxylic acids is 1. The number of hydrogen-bond donors (Lipinski definition) is 1. The second-order valence-corrected chi connectivity index (χ2v) is 4.86. The zero-order chi connectivity index (χ0) is 15.0. The van der Waals surface area contributed by atoms with E-state index in [-0.39, 0.29) is 5.91 Å². The van der Waals surface area contributed by atoms with Crippen molar-refractivity contribution in [1.29, 1.82) is 0 Å². The van der Waals surface area contributed by atoms with Crippen molar-refractivity contribution in [2.24, 2.45) is 0 Å². The smallest absolute Gasteiger partial charge is 0.222 e. The van der Waals surface area contributed by atoms with Crippen LogP contribution in [0.5, 0.6) is 0 Å². The van der Waals surface area contributed by atoms with Crippen molar-refractivity contribution >= 4 is 23.2 Å². The third kappa shape index (κ3) is 6.56. The molecule has 1 N–H and O–H groups in total. The predicted molar refractivity (Wildman–Crippen MR) is 78.2 cm³/mol. The fourth-order valence-electron chi connectivity index (χ4n) is 1.79. The number of halogens is 2. The molecular formula is C14H18F2N2OS. The van der Waals surface area contributed by atoms with Crippen LogP contribution in [-0.2, 0) is 4.79 Å². The van der Waals surface area contributed by atoms with Gasteiger partial charge in [0.15, 0.2) is 5.11 Å². The lowest BCUT2D eigenvalue weighted by molar-refractivity contribution is -0.117. The topological polar surface area (TPSA) is 32.3 Å². The van der Waals surface area contributed by atoms with Crippen molar-refractivity contribution in [1.82, 2.24) is 10.2 Å². The molecule has 1 aliphatic heterocycles. The van der Waals surface area contributed by atoms with Crippen molar-refractivity contribution in [3.05, 3.63) is 35.9 Å². The van der Waals surface area contributed by atoms with Gasteiger partial charge in [-0.15, -0.1) is 0 Å². The van der Waals surface area contributed by atoms with E-state index in [2.05, 4.69) is 10.2 Å². The quantitative estimate of drug-likeness (QED) is 0.748. The van der Waals surface area contributed by atoms with Gasteiger partial charge in [0, 0.05) is 26.1 Å². The molecule has 1 heterocycles. The standard InChI is InChI=1S/C8H14N2OS.C6H4F2/c1-7(11)9-8(12)10-5-3-2-4-6-10;7-5-2-1-3-6(8)4-5/h2-6H2,1H3,(H,9,11,12);1-4H. The van der Waals surface area contributed by atoms with Crippen LogP contribution < -0.4 is 5.32 Å². The Morgan fingerprint density at radius 3 is 2.15 bits per heavy atom. The third-order valence-corrected chi connectivity index (χ3v) is 3.07. The highest BCUT2D eigenvalue weighted by atomic mass is 32.1. The molecule has 0 saturated carbocycles. The Balaban J connectivity index is 0.000000217. The van der Waals surface area contributed by atoms with Gasteiger partial charge in [-0.3, -0.25) is 4.79 Å². The fourth-order valence-corrected chi connectivity index (χ4v) is 2.11. The average molecular weight is 300 g/mol. The largest absolute Gasteiger partial charge is 0.349 e. The molecule has 3 nitrogen and oxygen atoms in total. The van der Waals surface area contributed by atoms with Crippen molar-refractivity contribution in [3.8, 4) is 0 Å². The molecule has 6 heteroatoms. The Morgan fingerprint density at radius 2 is 1.75 bits per heavy atom. The van der Waals surface area contributed by atoms with E-state index in [4.69, 9.17) is 12.2 Å². The minimum absolute atomic E-state index is 0.0782. The summed E-state index contributed by atoms with van der Waals surface area (Å²) in [6.45, 7) is 3.45. The van der Waals surface area contributed by atoms with Crippen LogP contribution in [0.25, 0.3) is 0 Å². The first-order valence-corrected chi connectivity index (χ1v) is 6.87. The summed E-state index contributed by atoms with van der Waals surface area (Å²) in [5.41, 5.74) is 0. The van der Waals surface area contributed by atoms with Gasteiger partial charge in [-0.05, 0) is 43.6 Å². The Bertz CT molecular complexity index is 445. The number of hydrogen-bond acceptors (Lipinski definition) is 2. The maximum Gasteiger partial charge on any atom is 0.222 e. The van der Waals surface area contributed by atoms with Crippen LogP contribution in [0.15, 0.2) is 24.3 Å². The number of amides is 1. The van der Waals surface area contributed by atoms with Gasteiger partial charge in [0.25, 0.3) is 0 Å². The number of likely N-dealkylation sites (tertiary alicyclic amines) is 1. The molecule has 0 bridgehead atoms. The number of rotatable bonds is 0. The molecule has 0 unspecified atom stereocenters. The minimum atomic E-state index is -0.537. The van der Waals surface area contributed by atoms with Crippen LogP contribution in [0.4, 0.5) is 8.78 Å². The van der Waals surface area contributed by atoms with Gasteiger partial charge in [0.2, 0.25) is 5.91 Å². The third-order valence-electron chi connectivity index (χ3n) is 2.71. The first kappa shape index (κ1) is 16.5. The first-order chi connectivity index (χ1) is 9.49. The van der Waals surface area contributed by atoms with Gasteiger partial charge in [-0.25, -0.2) is 8.78 Å². The van der Waals surface area contributed by atoms with Crippen LogP contribution in [0.3, 0.4) is 0 Å². The van der Waals surface area contributed by atoms with E-state index in [1.165, 1.54) is 44.4 Å². The highest BCUT2D eigenvalue weighted by Gasteiger charge is 2.13. The molecule has 110 valence electrons. The maximum atomic E-state index is 11.9. The summed E-state index contributed by atoms with van der Waals surface area (Å²) in [6, 6.07) is 4.55. The van der Waals surface area contributed by atoms with Gasteiger partial charge in [0.05, 0.1) is 0 Å². The lowest BCUT2D eigenvalue weighted by atomic mass is 10.1. The number of piperidine rings is 1. The molecule has 2 rings (SSSR count). The van der Waals surface area contributed by atoms with E-state index in [1.807, 2.05) is 0 Å². The summed E-state index contributed by atoms with van der Waals surface area (Å²) >= 11 is 5.04. The molecule has 1 aliphatic rings. The van der Waals surface area contributed by atoms with E-state index in [0.29, 0.717) is 5.11 Å². The zero-order valence-corrected chi connectivity index (χ0v) is 12.2. The van der Waals surface area contributed by atoms with Crippen LogP contribution in [0, 0.1) is 11.6 Å². The van der Waals surface area contributed by atoms with Gasteiger partial charge < -0.3 is 10.2 Å². The SMILES string of the molecule is CC(=O)NC(=S)N1CCCCC1.Fc1cccc(F)c1. The molecule has 0 aromatic heterocycles. The van der Waals surface area contributed by atoms with Gasteiger partial charge in [0.1, 0.15) is 11.6 Å². The van der Waals surface area contributed by atoms with Crippen LogP contribution in [0.2, 0.25) is 0 Å². The fraction of sp³-hybridized carbons (Fsp3) is 0.429. The summed E-state index contributed by atoms with van der Waals surface area (Å²) in [5.74, 6) is -1.15. The molecule has 0 radical (unpaired) electrons. The second kappa shape index (κ2) is 8.58. The molecule has 1 aromatic rings. The monoisotopic (exact) mass is 300 g/mol. The summed E-state index contributed by atoms with van der Waals surface area (Å²) < 4.78 is 23.9. The summed E-state index contributed by atoms with van der Waals surface area (Å²) in [7, 11) is 0. The van der Waals surface area contributed by atoms with Crippen LogP contribution in [0.1, 0.15) is 26.2 Å². The highest BCUT2D eigenvalue weighted by molar-refractivity contribution is 7.80. The van der Waals surface area contributed by atoms with Crippen LogP contribution >= 0.6 is 12.2 Å². The molecule has 1 aromatic carbocycles. The Kier molecular flexibility index (Phi) is 7.08. The van der Waals surface area contributed by atoms with E-state index in [9.17, 15) is 13.6 Å². The van der Waals surface area contributed by atoms with Crippen molar-refractivity contribution in [2.45, 2.75) is 26.2 Å². The van der Waals surface area contributed by atoms with E-state index < -0.39 is 11.6 Å². The summed E-state index contributed by atoms with van der Waals surface area (Å²) in [6.07, 6.45) is 3.64. The summed E-state index contributed by atoms with van der Waals surface area (Å²) in [5, 5.41) is 3.22. The van der Waals surface area contributed by atoms with Crippen LogP contribution in [-0.4, -0.2) is 29.0 Å². The molecule has 0 aliphatic carbocycles. The Labute approximate surface area is 123 Å². The maximum absolute atomic E-state index is 11.9. The predicted octanol–water partition coefficient (Wildman–Crippen LogP) is 2.86. The Hall–Kier alpha value is -1.56. The lowest BCUT2D eigenvalue weighted by Gasteiger charge is -2.28. The van der Waals surface area contributed by atoms with Gasteiger partial charge in [-0.2, -0.15) is 0 Å². The molecule has 0 spiro atoms. The van der Waals surface area contributed by atoms with Crippen molar-refractivity contribution in [2.75, 3.05) is 13.1 Å². The van der Waals surface area contributed by atoms with Crippen molar-refractivity contribution < 1.29 is 13.6 Å². The molecule has 1 saturated heterocycles. The average Bonchev–Trinajstić information content (AvgIpc) is 2.39. The normalized spacial score (nSPS) is 14.1. The van der Waals surface area contributed by atoms with E-state index >= 15 is 0 Å². The van der Waals surface area contributed by atoms with Gasteiger partial charge >= 0.3 is 0 Å². The molecule has 0 atom stereocenters. The van der Waals surface area contributed by atoms with E-state index in [1.54, 1.807) is 0 Å². The molecular weight excluding hydrogens is 282 g/mol. The highest BCUT2D eigenvalue weighted by Crippen LogP contribution is 2.08. The number of nitrogens with one attached hydrogen (secondary N) is 1. The number of carbonyl (C=O) groups is 1. The zero-order valence-electron chi connectivity index (χ0n) is 11.4. The summed E-state index contributed by atoms with van der Waals surface area (Å²) in [4.78, 5) is 12.7. The number of thiocarbonyl (C=S) groups is 1.